The number of H-pyrrole nitrogens is 1. The number of aromatic amines is 1. The summed E-state index contributed by atoms with van der Waals surface area (Å²) < 4.78 is 5.27. The summed E-state index contributed by atoms with van der Waals surface area (Å²) in [6, 6.07) is 4.11. The van der Waals surface area contributed by atoms with Gasteiger partial charge >= 0.3 is 0 Å². The standard InChI is InChI=1S/C15H20N6O/c1-16-15(18-11-5-2-3-6-11)17-9-8-13-19-14(21-20-13)12-7-4-10-22-12/h2-4,7,10-11H,5-6,8-9H2,1H3,(H2,16,17,18)(H,19,20,21). The van der Waals surface area contributed by atoms with Gasteiger partial charge in [-0.3, -0.25) is 10.1 Å². The minimum atomic E-state index is 0.446. The lowest BCUT2D eigenvalue weighted by Crippen LogP contribution is -2.43. The number of guanidine groups is 1. The summed E-state index contributed by atoms with van der Waals surface area (Å²) in [6.07, 6.45) is 8.83. The van der Waals surface area contributed by atoms with E-state index in [1.54, 1.807) is 13.3 Å². The van der Waals surface area contributed by atoms with Crippen LogP contribution < -0.4 is 10.6 Å². The third kappa shape index (κ3) is 3.55. The molecule has 0 atom stereocenters. The van der Waals surface area contributed by atoms with Crippen molar-refractivity contribution in [2.45, 2.75) is 25.3 Å². The number of hydrogen-bond acceptors (Lipinski definition) is 4. The van der Waals surface area contributed by atoms with Gasteiger partial charge in [0.05, 0.1) is 6.26 Å². The Morgan fingerprint density at radius 3 is 3.05 bits per heavy atom. The van der Waals surface area contributed by atoms with Gasteiger partial charge in [-0.1, -0.05) is 12.2 Å². The van der Waals surface area contributed by atoms with Gasteiger partial charge in [-0.05, 0) is 25.0 Å². The van der Waals surface area contributed by atoms with Crippen LogP contribution in [0.3, 0.4) is 0 Å². The van der Waals surface area contributed by atoms with Crippen molar-refractivity contribution in [1.29, 1.82) is 0 Å². The molecule has 0 saturated carbocycles. The molecule has 0 saturated heterocycles. The van der Waals surface area contributed by atoms with Crippen LogP contribution >= 0.6 is 0 Å². The molecule has 0 amide bonds. The van der Waals surface area contributed by atoms with Crippen LogP contribution in [0.2, 0.25) is 0 Å². The van der Waals surface area contributed by atoms with Crippen molar-refractivity contribution in [3.05, 3.63) is 36.4 Å². The molecule has 2 aromatic rings. The molecule has 0 spiro atoms. The van der Waals surface area contributed by atoms with Crippen molar-refractivity contribution in [2.75, 3.05) is 13.6 Å². The van der Waals surface area contributed by atoms with Crippen LogP contribution in [0.5, 0.6) is 0 Å². The summed E-state index contributed by atoms with van der Waals surface area (Å²) in [5.74, 6) is 2.89. The molecule has 2 aromatic heterocycles. The molecule has 0 aromatic carbocycles. The van der Waals surface area contributed by atoms with Gasteiger partial charge in [0.25, 0.3) is 0 Å². The van der Waals surface area contributed by atoms with Crippen molar-refractivity contribution in [3.8, 4) is 11.6 Å². The third-order valence-electron chi connectivity index (χ3n) is 3.50. The first-order chi connectivity index (χ1) is 10.8. The molecule has 0 aliphatic heterocycles. The van der Waals surface area contributed by atoms with Crippen LogP contribution in [0.15, 0.2) is 40.0 Å². The SMILES string of the molecule is CN=C(NCCc1nc(-c2ccco2)n[nH]1)NC1CC=CC1. The smallest absolute Gasteiger partial charge is 0.216 e. The first-order valence-corrected chi connectivity index (χ1v) is 7.42. The number of aromatic nitrogens is 3. The molecule has 0 unspecified atom stereocenters. The van der Waals surface area contributed by atoms with Crippen LogP contribution in [-0.2, 0) is 6.42 Å². The number of furan rings is 1. The Hall–Kier alpha value is -2.57. The molecule has 2 heterocycles. The first-order valence-electron chi connectivity index (χ1n) is 7.42. The average Bonchev–Trinajstić information content (AvgIpc) is 3.27. The van der Waals surface area contributed by atoms with Gasteiger partial charge in [0.2, 0.25) is 5.82 Å². The van der Waals surface area contributed by atoms with E-state index in [-0.39, 0.29) is 0 Å². The van der Waals surface area contributed by atoms with Crippen molar-refractivity contribution < 1.29 is 4.42 Å². The number of hydrogen-bond donors (Lipinski definition) is 3. The number of nitrogens with zero attached hydrogens (tertiary/aromatic N) is 3. The summed E-state index contributed by atoms with van der Waals surface area (Å²) in [5, 5.41) is 13.8. The molecule has 3 N–H and O–H groups in total. The largest absolute Gasteiger partial charge is 0.461 e. The fourth-order valence-corrected chi connectivity index (χ4v) is 2.35. The highest BCUT2D eigenvalue weighted by Gasteiger charge is 2.12. The Kier molecular flexibility index (Phi) is 4.53. The van der Waals surface area contributed by atoms with Gasteiger partial charge in [-0.15, -0.1) is 0 Å². The predicted octanol–water partition coefficient (Wildman–Crippen LogP) is 1.49. The van der Waals surface area contributed by atoms with Gasteiger partial charge in [-0.2, -0.15) is 5.10 Å². The fourth-order valence-electron chi connectivity index (χ4n) is 2.35. The maximum atomic E-state index is 5.27. The van der Waals surface area contributed by atoms with Crippen LogP contribution in [0.4, 0.5) is 0 Å². The second-order valence-electron chi connectivity index (χ2n) is 5.12. The Bertz CT molecular complexity index is 635. The van der Waals surface area contributed by atoms with E-state index < -0.39 is 0 Å². The second-order valence-corrected chi connectivity index (χ2v) is 5.12. The molecule has 1 aliphatic rings. The van der Waals surface area contributed by atoms with Crippen LogP contribution in [0.25, 0.3) is 11.6 Å². The quantitative estimate of drug-likeness (QED) is 0.442. The normalized spacial score (nSPS) is 15.4. The zero-order chi connectivity index (χ0) is 15.2. The summed E-state index contributed by atoms with van der Waals surface area (Å²) in [4.78, 5) is 8.64. The monoisotopic (exact) mass is 300 g/mol. The molecular weight excluding hydrogens is 280 g/mol. The van der Waals surface area contributed by atoms with E-state index in [2.05, 4.69) is 43.0 Å². The van der Waals surface area contributed by atoms with Crippen molar-refractivity contribution in [2.24, 2.45) is 4.99 Å². The van der Waals surface area contributed by atoms with E-state index >= 15 is 0 Å². The molecule has 0 bridgehead atoms. The lowest BCUT2D eigenvalue weighted by atomic mass is 10.2. The number of nitrogens with one attached hydrogen (secondary N) is 3. The van der Waals surface area contributed by atoms with E-state index in [4.69, 9.17) is 4.42 Å². The Balaban J connectivity index is 1.46. The Labute approximate surface area is 128 Å². The maximum absolute atomic E-state index is 5.27. The summed E-state index contributed by atoms with van der Waals surface area (Å²) in [7, 11) is 1.78. The van der Waals surface area contributed by atoms with Crippen LogP contribution in [-0.4, -0.2) is 40.8 Å². The second kappa shape index (κ2) is 6.93. The molecule has 7 heteroatoms. The molecule has 7 nitrogen and oxygen atoms in total. The summed E-state index contributed by atoms with van der Waals surface area (Å²) in [6.45, 7) is 0.729. The minimum absolute atomic E-state index is 0.446. The molecular formula is C15H20N6O. The highest BCUT2D eigenvalue weighted by Crippen LogP contribution is 2.14. The average molecular weight is 300 g/mol. The Morgan fingerprint density at radius 2 is 2.32 bits per heavy atom. The predicted molar refractivity (Wildman–Crippen MR) is 84.4 cm³/mol. The van der Waals surface area contributed by atoms with Crippen LogP contribution in [0, 0.1) is 0 Å². The van der Waals surface area contributed by atoms with Gasteiger partial charge < -0.3 is 15.1 Å². The Morgan fingerprint density at radius 1 is 1.45 bits per heavy atom. The number of rotatable bonds is 5. The maximum Gasteiger partial charge on any atom is 0.216 e. The zero-order valence-electron chi connectivity index (χ0n) is 12.5. The lowest BCUT2D eigenvalue weighted by molar-refractivity contribution is 0.577. The fraction of sp³-hybridized carbons (Fsp3) is 0.400. The summed E-state index contributed by atoms with van der Waals surface area (Å²) >= 11 is 0. The first kappa shape index (κ1) is 14.4. The zero-order valence-corrected chi connectivity index (χ0v) is 12.5. The topological polar surface area (TPSA) is 91.1 Å². The van der Waals surface area contributed by atoms with Gasteiger partial charge in [0.1, 0.15) is 5.82 Å². The van der Waals surface area contributed by atoms with E-state index in [0.717, 1.165) is 37.6 Å². The third-order valence-corrected chi connectivity index (χ3v) is 3.50. The molecule has 0 radical (unpaired) electrons. The van der Waals surface area contributed by atoms with Gasteiger partial charge in [-0.25, -0.2) is 4.98 Å². The van der Waals surface area contributed by atoms with Crippen molar-refractivity contribution in [1.82, 2.24) is 25.8 Å². The van der Waals surface area contributed by atoms with E-state index in [1.165, 1.54) is 0 Å². The highest BCUT2D eigenvalue weighted by atomic mass is 16.3. The van der Waals surface area contributed by atoms with Gasteiger partial charge in [0.15, 0.2) is 11.7 Å². The minimum Gasteiger partial charge on any atom is -0.461 e. The highest BCUT2D eigenvalue weighted by molar-refractivity contribution is 5.80. The van der Waals surface area contributed by atoms with E-state index in [9.17, 15) is 0 Å². The van der Waals surface area contributed by atoms with Gasteiger partial charge in [0, 0.05) is 26.1 Å². The molecule has 1 aliphatic carbocycles. The molecule has 0 fully saturated rings. The number of aliphatic imine (C=N–C) groups is 1. The summed E-state index contributed by atoms with van der Waals surface area (Å²) in [5.41, 5.74) is 0. The molecule has 3 rings (SSSR count). The molecule has 116 valence electrons. The molecule has 22 heavy (non-hydrogen) atoms. The van der Waals surface area contributed by atoms with Crippen LogP contribution in [0.1, 0.15) is 18.7 Å². The van der Waals surface area contributed by atoms with Crippen molar-refractivity contribution in [3.63, 3.8) is 0 Å². The lowest BCUT2D eigenvalue weighted by Gasteiger charge is -2.16. The van der Waals surface area contributed by atoms with E-state index in [1.807, 2.05) is 12.1 Å². The van der Waals surface area contributed by atoms with E-state index in [0.29, 0.717) is 17.6 Å². The van der Waals surface area contributed by atoms with Crippen molar-refractivity contribution >= 4 is 5.96 Å².